The van der Waals surface area contributed by atoms with Crippen molar-refractivity contribution >= 4 is 12.2 Å². The fourth-order valence-corrected chi connectivity index (χ4v) is 1.12. The van der Waals surface area contributed by atoms with E-state index in [1.807, 2.05) is 0 Å². The third-order valence-electron chi connectivity index (χ3n) is 1.82. The van der Waals surface area contributed by atoms with Gasteiger partial charge in [0.15, 0.2) is 6.17 Å². The predicted molar refractivity (Wildman–Crippen MR) is 48.0 cm³/mol. The highest BCUT2D eigenvalue weighted by Gasteiger charge is 2.42. The Morgan fingerprint density at radius 3 is 2.86 bits per heavy atom. The highest BCUT2D eigenvalue weighted by molar-refractivity contribution is 5.92. The van der Waals surface area contributed by atoms with E-state index in [1.165, 1.54) is 13.4 Å². The van der Waals surface area contributed by atoms with E-state index in [0.29, 0.717) is 0 Å². The molecule has 1 aliphatic heterocycles. The van der Waals surface area contributed by atoms with Gasteiger partial charge in [0.05, 0.1) is 6.34 Å². The second-order valence-electron chi connectivity index (χ2n) is 2.78. The molecule has 0 spiro atoms. The number of hydrazine groups is 1. The van der Waals surface area contributed by atoms with Crippen LogP contribution in [0.25, 0.3) is 0 Å². The van der Waals surface area contributed by atoms with Gasteiger partial charge in [-0.2, -0.15) is 0 Å². The zero-order valence-corrected chi connectivity index (χ0v) is 7.80. The van der Waals surface area contributed by atoms with Crippen molar-refractivity contribution in [3.63, 3.8) is 0 Å². The van der Waals surface area contributed by atoms with Gasteiger partial charge < -0.3 is 4.90 Å². The fraction of sp³-hybridized carbons (Fsp3) is 0.667. The Hall–Kier alpha value is -1.54. The normalized spacial score (nSPS) is 26.7. The minimum atomic E-state index is -1.38. The summed E-state index contributed by atoms with van der Waals surface area (Å²) in [6.07, 6.45) is 0.399. The Morgan fingerprint density at radius 2 is 2.36 bits per heavy atom. The molecule has 0 aromatic heterocycles. The van der Waals surface area contributed by atoms with Gasteiger partial charge >= 0.3 is 11.9 Å². The van der Waals surface area contributed by atoms with Crippen LogP contribution >= 0.6 is 0 Å². The maximum atomic E-state index is 11.4. The first-order valence-electron chi connectivity index (χ1n) is 3.93. The largest absolute Gasteiger partial charge is 0.326 e. The summed E-state index contributed by atoms with van der Waals surface area (Å²) in [5.74, 6) is -0.585. The van der Waals surface area contributed by atoms with Crippen LogP contribution in [-0.2, 0) is 4.79 Å². The van der Waals surface area contributed by atoms with Gasteiger partial charge in [-0.25, -0.2) is 10.4 Å². The van der Waals surface area contributed by atoms with Crippen LogP contribution in [0.5, 0.6) is 0 Å². The highest BCUT2D eigenvalue weighted by atomic mass is 16.6. The van der Waals surface area contributed by atoms with Crippen LogP contribution in [0.4, 0.5) is 0 Å². The molecule has 2 atom stereocenters. The predicted octanol–water partition coefficient (Wildman–Crippen LogP) is -1.82. The van der Waals surface area contributed by atoms with E-state index >= 15 is 0 Å². The van der Waals surface area contributed by atoms with Crippen molar-refractivity contribution in [2.24, 2.45) is 4.99 Å². The average Bonchev–Trinajstić information content (AvgIpc) is 2.11. The van der Waals surface area contributed by atoms with Crippen LogP contribution in [-0.4, -0.2) is 48.4 Å². The molecule has 0 saturated heterocycles. The molecule has 0 unspecified atom stereocenters. The van der Waals surface area contributed by atoms with Crippen molar-refractivity contribution in [1.29, 1.82) is 0 Å². The minimum absolute atomic E-state index is 0.585. The van der Waals surface area contributed by atoms with Crippen molar-refractivity contribution in [3.8, 4) is 0 Å². The van der Waals surface area contributed by atoms with Crippen molar-refractivity contribution in [2.75, 3.05) is 14.1 Å². The van der Waals surface area contributed by atoms with Crippen molar-refractivity contribution < 1.29 is 9.72 Å². The smallest absolute Gasteiger partial charge is 0.300 e. The summed E-state index contributed by atoms with van der Waals surface area (Å²) in [7, 11) is 2.98. The second-order valence-corrected chi connectivity index (χ2v) is 2.78. The standard InChI is InChI=1S/C6H11N5O3/c1-7-9-5-4(11(13)14)6(12)10(2)3-8-5/h3-5,7,9H,1-2H3/t4-,5+/m1/s1. The molecule has 0 aromatic carbocycles. The third-order valence-corrected chi connectivity index (χ3v) is 1.82. The van der Waals surface area contributed by atoms with Crippen LogP contribution in [0.2, 0.25) is 0 Å². The molecular formula is C6H11N5O3. The molecule has 78 valence electrons. The van der Waals surface area contributed by atoms with E-state index in [-0.39, 0.29) is 0 Å². The Bertz CT molecular complexity index is 279. The lowest BCUT2D eigenvalue weighted by Gasteiger charge is -2.24. The Balaban J connectivity index is 2.88. The summed E-state index contributed by atoms with van der Waals surface area (Å²) in [6.45, 7) is 0. The summed E-state index contributed by atoms with van der Waals surface area (Å²) in [4.78, 5) is 26.3. The summed E-state index contributed by atoms with van der Waals surface area (Å²) < 4.78 is 0. The van der Waals surface area contributed by atoms with Gasteiger partial charge in [0.1, 0.15) is 0 Å². The maximum absolute atomic E-state index is 11.4. The van der Waals surface area contributed by atoms with E-state index in [9.17, 15) is 14.9 Å². The lowest BCUT2D eigenvalue weighted by Crippen LogP contribution is -2.57. The number of nitrogens with one attached hydrogen (secondary N) is 2. The van der Waals surface area contributed by atoms with E-state index in [4.69, 9.17) is 0 Å². The van der Waals surface area contributed by atoms with Crippen molar-refractivity contribution in [1.82, 2.24) is 15.8 Å². The van der Waals surface area contributed by atoms with Gasteiger partial charge in [0.25, 0.3) is 0 Å². The Morgan fingerprint density at radius 1 is 1.71 bits per heavy atom. The van der Waals surface area contributed by atoms with E-state index in [1.54, 1.807) is 7.05 Å². The molecule has 0 radical (unpaired) electrons. The molecule has 14 heavy (non-hydrogen) atoms. The van der Waals surface area contributed by atoms with E-state index < -0.39 is 23.0 Å². The van der Waals surface area contributed by atoms with Gasteiger partial charge in [-0.05, 0) is 7.05 Å². The van der Waals surface area contributed by atoms with Gasteiger partial charge in [0.2, 0.25) is 0 Å². The molecule has 0 saturated carbocycles. The minimum Gasteiger partial charge on any atom is -0.300 e. The summed E-state index contributed by atoms with van der Waals surface area (Å²) in [5, 5.41) is 10.6. The highest BCUT2D eigenvalue weighted by Crippen LogP contribution is 2.07. The van der Waals surface area contributed by atoms with Crippen LogP contribution in [0.15, 0.2) is 4.99 Å². The number of carbonyl (C=O) groups is 1. The SMILES string of the molecule is CNN[C@@H]1N=CN(C)C(=O)[C@@H]1[N+](=O)[O-]. The molecule has 2 N–H and O–H groups in total. The molecule has 1 heterocycles. The van der Waals surface area contributed by atoms with Crippen LogP contribution in [0.1, 0.15) is 0 Å². The van der Waals surface area contributed by atoms with Gasteiger partial charge in [-0.15, -0.1) is 0 Å². The van der Waals surface area contributed by atoms with Gasteiger partial charge in [0, 0.05) is 12.0 Å². The first-order chi connectivity index (χ1) is 6.57. The molecule has 0 aliphatic carbocycles. The second kappa shape index (κ2) is 4.11. The summed E-state index contributed by atoms with van der Waals surface area (Å²) in [5.41, 5.74) is 5.05. The van der Waals surface area contributed by atoms with Gasteiger partial charge in [-0.3, -0.25) is 20.3 Å². The molecule has 0 bridgehead atoms. The monoisotopic (exact) mass is 201 g/mol. The quantitative estimate of drug-likeness (QED) is 0.413. The van der Waals surface area contributed by atoms with E-state index in [2.05, 4.69) is 15.8 Å². The number of nitro groups is 1. The molecular weight excluding hydrogens is 190 g/mol. The molecule has 0 aromatic rings. The van der Waals surface area contributed by atoms with Crippen molar-refractivity contribution in [2.45, 2.75) is 12.2 Å². The average molecular weight is 201 g/mol. The summed E-state index contributed by atoms with van der Waals surface area (Å²) in [6, 6.07) is -1.38. The molecule has 8 heteroatoms. The number of amides is 1. The zero-order chi connectivity index (χ0) is 10.7. The number of carbonyl (C=O) groups excluding carboxylic acids is 1. The third kappa shape index (κ3) is 1.86. The first-order valence-corrected chi connectivity index (χ1v) is 3.93. The first kappa shape index (κ1) is 10.5. The topological polar surface area (TPSA) is 99.9 Å². The molecule has 1 rings (SSSR count). The Kier molecular flexibility index (Phi) is 3.10. The van der Waals surface area contributed by atoms with Crippen LogP contribution < -0.4 is 10.9 Å². The fourth-order valence-electron chi connectivity index (χ4n) is 1.12. The molecule has 8 nitrogen and oxygen atoms in total. The number of hydrogen-bond acceptors (Lipinski definition) is 6. The number of rotatable bonds is 3. The lowest BCUT2D eigenvalue weighted by molar-refractivity contribution is -0.513. The maximum Gasteiger partial charge on any atom is 0.326 e. The summed E-state index contributed by atoms with van der Waals surface area (Å²) >= 11 is 0. The van der Waals surface area contributed by atoms with Crippen LogP contribution in [0, 0.1) is 10.1 Å². The van der Waals surface area contributed by atoms with Crippen molar-refractivity contribution in [3.05, 3.63) is 10.1 Å². The zero-order valence-electron chi connectivity index (χ0n) is 7.80. The lowest BCUT2D eigenvalue weighted by atomic mass is 10.2. The number of hydrogen-bond donors (Lipinski definition) is 2. The molecule has 1 amide bonds. The van der Waals surface area contributed by atoms with Gasteiger partial charge in [-0.1, -0.05) is 0 Å². The van der Waals surface area contributed by atoms with Crippen LogP contribution in [0.3, 0.4) is 0 Å². The number of likely N-dealkylation sites (N-methyl/N-ethyl adjacent to an activating group) is 1. The molecule has 0 fully saturated rings. The number of nitrogens with zero attached hydrogens (tertiary/aromatic N) is 3. The molecule has 1 aliphatic rings. The number of aliphatic imine (C=N–C) groups is 1. The van der Waals surface area contributed by atoms with E-state index in [0.717, 1.165) is 4.90 Å². The Labute approximate surface area is 80.1 Å².